The van der Waals surface area contributed by atoms with Crippen LogP contribution in [-0.4, -0.2) is 10.5 Å². The molecule has 3 heteroatoms. The maximum atomic E-state index is 13.3. The van der Waals surface area contributed by atoms with E-state index < -0.39 is 0 Å². The van der Waals surface area contributed by atoms with Gasteiger partial charge in [0.1, 0.15) is 0 Å². The first-order valence-corrected chi connectivity index (χ1v) is 9.82. The second kappa shape index (κ2) is 6.45. The lowest BCUT2D eigenvalue weighted by Crippen LogP contribution is -2.17. The molecule has 0 atom stereocenters. The molecule has 128 valence electrons. The zero-order valence-electron chi connectivity index (χ0n) is 14.7. The van der Waals surface area contributed by atoms with Gasteiger partial charge in [0.25, 0.3) is 5.91 Å². The van der Waals surface area contributed by atoms with Crippen molar-refractivity contribution in [1.29, 1.82) is 0 Å². The fourth-order valence-electron chi connectivity index (χ4n) is 3.89. The summed E-state index contributed by atoms with van der Waals surface area (Å²) in [5.41, 5.74) is 5.62. The molecule has 0 amide bonds. The highest BCUT2D eigenvalue weighted by molar-refractivity contribution is 9.10. The van der Waals surface area contributed by atoms with Crippen LogP contribution in [0.2, 0.25) is 0 Å². The molecule has 0 saturated heterocycles. The Hall–Kier alpha value is -1.87. The summed E-state index contributed by atoms with van der Waals surface area (Å²) in [6.07, 6.45) is 4.41. The van der Waals surface area contributed by atoms with Crippen molar-refractivity contribution in [2.24, 2.45) is 0 Å². The van der Waals surface area contributed by atoms with E-state index in [2.05, 4.69) is 54.0 Å². The molecule has 0 radical (unpaired) electrons. The zero-order chi connectivity index (χ0) is 17.6. The summed E-state index contributed by atoms with van der Waals surface area (Å²) < 4.78 is 3.03. The molecule has 2 nitrogen and oxygen atoms in total. The molecule has 0 N–H and O–H groups in total. The van der Waals surface area contributed by atoms with Gasteiger partial charge in [-0.15, -0.1) is 0 Å². The van der Waals surface area contributed by atoms with Crippen LogP contribution in [0.1, 0.15) is 59.8 Å². The van der Waals surface area contributed by atoms with E-state index in [1.54, 1.807) is 0 Å². The number of halogens is 1. The number of fused-ring (bicyclic) bond motifs is 3. The van der Waals surface area contributed by atoms with Crippen LogP contribution < -0.4 is 0 Å². The van der Waals surface area contributed by atoms with Gasteiger partial charge in [0.2, 0.25) is 0 Å². The monoisotopic (exact) mass is 395 g/mol. The van der Waals surface area contributed by atoms with Gasteiger partial charge in [0.15, 0.2) is 0 Å². The molecule has 4 rings (SSSR count). The van der Waals surface area contributed by atoms with Gasteiger partial charge in [-0.05, 0) is 73.1 Å². The quantitative estimate of drug-likeness (QED) is 0.513. The molecule has 1 aliphatic rings. The predicted octanol–water partition coefficient (Wildman–Crippen LogP) is 6.09. The molecule has 0 bridgehead atoms. The minimum absolute atomic E-state index is 0.0887. The molecule has 0 unspecified atom stereocenters. The Bertz CT molecular complexity index is 950. The third-order valence-electron chi connectivity index (χ3n) is 5.26. The number of rotatable bonds is 2. The van der Waals surface area contributed by atoms with Crippen molar-refractivity contribution < 1.29 is 4.79 Å². The Kier molecular flexibility index (Phi) is 4.28. The van der Waals surface area contributed by atoms with Crippen molar-refractivity contribution in [3.63, 3.8) is 0 Å². The minimum atomic E-state index is 0.0887. The summed E-state index contributed by atoms with van der Waals surface area (Å²) in [6.45, 7) is 4.34. The van der Waals surface area contributed by atoms with Crippen molar-refractivity contribution in [2.45, 2.75) is 45.4 Å². The van der Waals surface area contributed by atoms with Crippen molar-refractivity contribution in [2.75, 3.05) is 0 Å². The van der Waals surface area contributed by atoms with Gasteiger partial charge in [0.05, 0.1) is 5.52 Å². The van der Waals surface area contributed by atoms with Gasteiger partial charge in [-0.1, -0.05) is 41.9 Å². The minimum Gasteiger partial charge on any atom is -0.280 e. The Balaban J connectivity index is 1.87. The van der Waals surface area contributed by atoms with E-state index in [1.165, 1.54) is 28.6 Å². The molecule has 1 heterocycles. The van der Waals surface area contributed by atoms with Crippen molar-refractivity contribution >= 4 is 32.7 Å². The van der Waals surface area contributed by atoms with Gasteiger partial charge in [0, 0.05) is 21.1 Å². The van der Waals surface area contributed by atoms with E-state index in [4.69, 9.17) is 0 Å². The van der Waals surface area contributed by atoms with Crippen LogP contribution in [0.5, 0.6) is 0 Å². The molecule has 0 aliphatic heterocycles. The SMILES string of the molecule is CC(C)c1ccc(C(=O)n2c3c(c4cc(Br)ccc42)CCCC3)cc1. The lowest BCUT2D eigenvalue weighted by atomic mass is 9.95. The molecule has 0 saturated carbocycles. The van der Waals surface area contributed by atoms with Gasteiger partial charge in [-0.25, -0.2) is 0 Å². The van der Waals surface area contributed by atoms with Crippen LogP contribution in [0.3, 0.4) is 0 Å². The first-order chi connectivity index (χ1) is 12.1. The molecular weight excluding hydrogens is 374 g/mol. The Labute approximate surface area is 157 Å². The van der Waals surface area contributed by atoms with Crippen LogP contribution in [-0.2, 0) is 12.8 Å². The average molecular weight is 396 g/mol. The lowest BCUT2D eigenvalue weighted by Gasteiger charge is -2.15. The average Bonchev–Trinajstić information content (AvgIpc) is 2.95. The van der Waals surface area contributed by atoms with Gasteiger partial charge in [-0.2, -0.15) is 0 Å². The second-order valence-corrected chi connectivity index (χ2v) is 8.13. The number of carbonyl (C=O) groups is 1. The second-order valence-electron chi connectivity index (χ2n) is 7.21. The fraction of sp³-hybridized carbons (Fsp3) is 0.318. The highest BCUT2D eigenvalue weighted by atomic mass is 79.9. The summed E-state index contributed by atoms with van der Waals surface area (Å²) in [4.78, 5) is 13.3. The number of hydrogen-bond acceptors (Lipinski definition) is 1. The van der Waals surface area contributed by atoms with Crippen LogP contribution in [0.15, 0.2) is 46.9 Å². The first-order valence-electron chi connectivity index (χ1n) is 9.02. The van der Waals surface area contributed by atoms with Crippen LogP contribution >= 0.6 is 15.9 Å². The van der Waals surface area contributed by atoms with Crippen LogP contribution in [0, 0.1) is 0 Å². The normalized spacial score (nSPS) is 14.1. The van der Waals surface area contributed by atoms with Gasteiger partial charge in [-0.3, -0.25) is 9.36 Å². The van der Waals surface area contributed by atoms with Crippen LogP contribution in [0.25, 0.3) is 10.9 Å². The van der Waals surface area contributed by atoms with E-state index in [9.17, 15) is 4.79 Å². The summed E-state index contributed by atoms with van der Waals surface area (Å²) in [6, 6.07) is 14.3. The zero-order valence-corrected chi connectivity index (χ0v) is 16.3. The standard InChI is InChI=1S/C22H22BrNO/c1-14(2)15-7-9-16(10-8-15)22(25)24-20-6-4-3-5-18(20)19-13-17(23)11-12-21(19)24/h7-14H,3-6H2,1-2H3. The molecule has 0 spiro atoms. The molecule has 1 aliphatic carbocycles. The molecular formula is C22H22BrNO. The highest BCUT2D eigenvalue weighted by Crippen LogP contribution is 2.34. The Morgan fingerprint density at radius 3 is 2.48 bits per heavy atom. The van der Waals surface area contributed by atoms with Crippen molar-refractivity contribution in [1.82, 2.24) is 4.57 Å². The summed E-state index contributed by atoms with van der Waals surface area (Å²) in [7, 11) is 0. The third-order valence-corrected chi connectivity index (χ3v) is 5.75. The molecule has 1 aromatic heterocycles. The summed E-state index contributed by atoms with van der Waals surface area (Å²) in [5.74, 6) is 0.562. The highest BCUT2D eigenvalue weighted by Gasteiger charge is 2.24. The van der Waals surface area contributed by atoms with Gasteiger partial charge < -0.3 is 0 Å². The lowest BCUT2D eigenvalue weighted by molar-refractivity contribution is 0.0961. The number of nitrogens with zero attached hydrogens (tertiary/aromatic N) is 1. The van der Waals surface area contributed by atoms with E-state index in [0.717, 1.165) is 34.8 Å². The summed E-state index contributed by atoms with van der Waals surface area (Å²) in [5, 5.41) is 1.22. The number of benzene rings is 2. The molecule has 25 heavy (non-hydrogen) atoms. The maximum Gasteiger partial charge on any atom is 0.262 e. The number of carbonyl (C=O) groups excluding carboxylic acids is 1. The fourth-order valence-corrected chi connectivity index (χ4v) is 4.25. The maximum absolute atomic E-state index is 13.3. The topological polar surface area (TPSA) is 22.0 Å². The van der Waals surface area contributed by atoms with E-state index in [1.807, 2.05) is 22.8 Å². The van der Waals surface area contributed by atoms with E-state index in [-0.39, 0.29) is 5.91 Å². The van der Waals surface area contributed by atoms with Gasteiger partial charge >= 0.3 is 0 Å². The summed E-state index contributed by atoms with van der Waals surface area (Å²) >= 11 is 3.58. The first kappa shape index (κ1) is 16.6. The van der Waals surface area contributed by atoms with Crippen molar-refractivity contribution in [3.05, 3.63) is 69.3 Å². The van der Waals surface area contributed by atoms with Crippen molar-refractivity contribution in [3.8, 4) is 0 Å². The van der Waals surface area contributed by atoms with Crippen LogP contribution in [0.4, 0.5) is 0 Å². The number of aromatic nitrogens is 1. The smallest absolute Gasteiger partial charge is 0.262 e. The van der Waals surface area contributed by atoms with E-state index in [0.29, 0.717) is 5.92 Å². The number of aryl methyl sites for hydroxylation is 1. The predicted molar refractivity (Wildman–Crippen MR) is 107 cm³/mol. The largest absolute Gasteiger partial charge is 0.280 e. The Morgan fingerprint density at radius 1 is 1.04 bits per heavy atom. The third kappa shape index (κ3) is 2.85. The molecule has 0 fully saturated rings. The Morgan fingerprint density at radius 2 is 1.76 bits per heavy atom. The molecule has 3 aromatic rings. The molecule has 2 aromatic carbocycles. The van der Waals surface area contributed by atoms with E-state index >= 15 is 0 Å². The number of hydrogen-bond donors (Lipinski definition) is 0.